The summed E-state index contributed by atoms with van der Waals surface area (Å²) < 4.78 is 28.1. The van der Waals surface area contributed by atoms with Crippen molar-refractivity contribution in [3.63, 3.8) is 0 Å². The predicted octanol–water partition coefficient (Wildman–Crippen LogP) is 2.70. The highest BCUT2D eigenvalue weighted by atomic mass is 19.1. The van der Waals surface area contributed by atoms with Crippen LogP contribution < -0.4 is 10.6 Å². The van der Waals surface area contributed by atoms with E-state index >= 15 is 0 Å². The van der Waals surface area contributed by atoms with Gasteiger partial charge in [-0.25, -0.2) is 13.8 Å². The Kier molecular flexibility index (Phi) is 5.62. The molecule has 1 aromatic carbocycles. The average Bonchev–Trinajstić information content (AvgIpc) is 2.92. The Morgan fingerprint density at radius 2 is 2.00 bits per heavy atom. The van der Waals surface area contributed by atoms with Gasteiger partial charge in [-0.15, -0.1) is 0 Å². The first-order valence-electron chi connectivity index (χ1n) is 8.67. The SMILES string of the molecule is Cc1nn(C)c2ncc(NC(=O)CCCNC(=O)c3ccc(F)cc3F)cc12. The monoisotopic (exact) mass is 387 g/mol. The number of nitrogens with one attached hydrogen (secondary N) is 2. The molecule has 3 rings (SSSR count). The topological polar surface area (TPSA) is 88.9 Å². The molecule has 0 saturated heterocycles. The molecule has 7 nitrogen and oxygen atoms in total. The maximum Gasteiger partial charge on any atom is 0.254 e. The van der Waals surface area contributed by atoms with Crippen LogP contribution in [0.4, 0.5) is 14.5 Å². The van der Waals surface area contributed by atoms with Gasteiger partial charge >= 0.3 is 0 Å². The summed E-state index contributed by atoms with van der Waals surface area (Å²) in [6.07, 6.45) is 2.08. The number of anilines is 1. The zero-order valence-electron chi connectivity index (χ0n) is 15.4. The Labute approximate surface area is 159 Å². The number of fused-ring (bicyclic) bond motifs is 1. The van der Waals surface area contributed by atoms with Crippen molar-refractivity contribution in [2.75, 3.05) is 11.9 Å². The Morgan fingerprint density at radius 1 is 1.21 bits per heavy atom. The minimum absolute atomic E-state index is 0.163. The maximum absolute atomic E-state index is 13.5. The highest BCUT2D eigenvalue weighted by Crippen LogP contribution is 2.19. The highest BCUT2D eigenvalue weighted by Gasteiger charge is 2.12. The normalized spacial score (nSPS) is 10.9. The Bertz CT molecular complexity index is 1050. The molecule has 0 saturated carbocycles. The summed E-state index contributed by atoms with van der Waals surface area (Å²) in [7, 11) is 1.80. The fraction of sp³-hybridized carbons (Fsp3) is 0.263. The van der Waals surface area contributed by atoms with E-state index in [4.69, 9.17) is 0 Å². The van der Waals surface area contributed by atoms with Gasteiger partial charge in [-0.3, -0.25) is 14.3 Å². The first-order valence-corrected chi connectivity index (χ1v) is 8.67. The fourth-order valence-corrected chi connectivity index (χ4v) is 2.82. The largest absolute Gasteiger partial charge is 0.352 e. The summed E-state index contributed by atoms with van der Waals surface area (Å²) in [5.41, 5.74) is 1.87. The number of amides is 2. The molecule has 0 bridgehead atoms. The smallest absolute Gasteiger partial charge is 0.254 e. The van der Waals surface area contributed by atoms with Gasteiger partial charge in [0.25, 0.3) is 5.91 Å². The first kappa shape index (κ1) is 19.4. The molecule has 2 aromatic heterocycles. The third-order valence-corrected chi connectivity index (χ3v) is 4.19. The lowest BCUT2D eigenvalue weighted by Crippen LogP contribution is -2.26. The average molecular weight is 387 g/mol. The third kappa shape index (κ3) is 4.30. The van der Waals surface area contributed by atoms with Gasteiger partial charge in [0.05, 0.1) is 23.1 Å². The lowest BCUT2D eigenvalue weighted by Gasteiger charge is -2.07. The summed E-state index contributed by atoms with van der Waals surface area (Å²) in [5.74, 6) is -2.56. The number of hydrogen-bond acceptors (Lipinski definition) is 4. The molecule has 9 heteroatoms. The van der Waals surface area contributed by atoms with E-state index in [0.717, 1.165) is 28.9 Å². The van der Waals surface area contributed by atoms with Crippen molar-refractivity contribution < 1.29 is 18.4 Å². The van der Waals surface area contributed by atoms with Gasteiger partial charge in [0.1, 0.15) is 11.6 Å². The van der Waals surface area contributed by atoms with Crippen LogP contribution in [0.25, 0.3) is 11.0 Å². The van der Waals surface area contributed by atoms with E-state index in [-0.39, 0.29) is 24.4 Å². The number of benzene rings is 1. The number of carbonyl (C=O) groups is 2. The molecule has 0 aliphatic heterocycles. The van der Waals surface area contributed by atoms with Gasteiger partial charge in [-0.1, -0.05) is 0 Å². The van der Waals surface area contributed by atoms with Crippen molar-refractivity contribution in [3.8, 4) is 0 Å². The van der Waals surface area contributed by atoms with E-state index in [1.807, 2.05) is 13.0 Å². The predicted molar refractivity (Wildman–Crippen MR) is 99.8 cm³/mol. The zero-order valence-corrected chi connectivity index (χ0v) is 15.4. The molecular formula is C19H19F2N5O2. The van der Waals surface area contributed by atoms with Crippen molar-refractivity contribution >= 4 is 28.5 Å². The highest BCUT2D eigenvalue weighted by molar-refractivity contribution is 5.95. The second kappa shape index (κ2) is 8.12. The number of rotatable bonds is 6. The summed E-state index contributed by atoms with van der Waals surface area (Å²) in [6.45, 7) is 2.05. The lowest BCUT2D eigenvalue weighted by atomic mass is 10.2. The maximum atomic E-state index is 13.5. The molecule has 0 fully saturated rings. The fourth-order valence-electron chi connectivity index (χ4n) is 2.82. The van der Waals surface area contributed by atoms with E-state index in [0.29, 0.717) is 18.2 Å². The molecule has 28 heavy (non-hydrogen) atoms. The molecule has 0 atom stereocenters. The van der Waals surface area contributed by atoms with Crippen molar-refractivity contribution in [2.45, 2.75) is 19.8 Å². The van der Waals surface area contributed by atoms with Gasteiger partial charge in [0.15, 0.2) is 5.65 Å². The van der Waals surface area contributed by atoms with Crippen LogP contribution in [0, 0.1) is 18.6 Å². The third-order valence-electron chi connectivity index (χ3n) is 4.19. The minimum Gasteiger partial charge on any atom is -0.352 e. The molecular weight excluding hydrogens is 368 g/mol. The lowest BCUT2D eigenvalue weighted by molar-refractivity contribution is -0.116. The second-order valence-corrected chi connectivity index (χ2v) is 6.34. The van der Waals surface area contributed by atoms with Crippen LogP contribution in [-0.2, 0) is 11.8 Å². The van der Waals surface area contributed by atoms with Crippen molar-refractivity contribution in [1.82, 2.24) is 20.1 Å². The van der Waals surface area contributed by atoms with Crippen LogP contribution in [0.2, 0.25) is 0 Å². The number of aromatic nitrogens is 3. The van der Waals surface area contributed by atoms with Gasteiger partial charge in [-0.2, -0.15) is 5.10 Å². The molecule has 0 aliphatic rings. The summed E-state index contributed by atoms with van der Waals surface area (Å²) >= 11 is 0. The van der Waals surface area contributed by atoms with Crippen LogP contribution in [0.15, 0.2) is 30.5 Å². The zero-order chi connectivity index (χ0) is 20.3. The van der Waals surface area contributed by atoms with E-state index < -0.39 is 17.5 Å². The van der Waals surface area contributed by atoms with Crippen LogP contribution in [0.5, 0.6) is 0 Å². The molecule has 3 aromatic rings. The van der Waals surface area contributed by atoms with Crippen LogP contribution in [0.3, 0.4) is 0 Å². The van der Waals surface area contributed by atoms with Crippen molar-refractivity contribution in [1.29, 1.82) is 0 Å². The molecule has 0 aliphatic carbocycles. The number of halogens is 2. The van der Waals surface area contributed by atoms with Crippen LogP contribution in [0.1, 0.15) is 28.9 Å². The minimum atomic E-state index is -0.927. The van der Waals surface area contributed by atoms with Crippen molar-refractivity contribution in [3.05, 3.63) is 53.4 Å². The van der Waals surface area contributed by atoms with E-state index in [1.54, 1.807) is 17.9 Å². The van der Waals surface area contributed by atoms with Crippen LogP contribution >= 0.6 is 0 Å². The van der Waals surface area contributed by atoms with Gasteiger partial charge in [-0.05, 0) is 31.5 Å². The van der Waals surface area contributed by atoms with Crippen molar-refractivity contribution in [2.24, 2.45) is 7.05 Å². The Morgan fingerprint density at radius 3 is 2.75 bits per heavy atom. The van der Waals surface area contributed by atoms with E-state index in [9.17, 15) is 18.4 Å². The number of carbonyl (C=O) groups excluding carboxylic acids is 2. The Balaban J connectivity index is 1.48. The number of hydrogen-bond donors (Lipinski definition) is 2. The molecule has 146 valence electrons. The molecule has 2 heterocycles. The first-order chi connectivity index (χ1) is 13.3. The number of aryl methyl sites for hydroxylation is 2. The summed E-state index contributed by atoms with van der Waals surface area (Å²) in [4.78, 5) is 28.2. The second-order valence-electron chi connectivity index (χ2n) is 6.34. The van der Waals surface area contributed by atoms with Gasteiger partial charge in [0.2, 0.25) is 5.91 Å². The van der Waals surface area contributed by atoms with Gasteiger partial charge in [0, 0.05) is 31.5 Å². The molecule has 0 radical (unpaired) electrons. The van der Waals surface area contributed by atoms with E-state index in [1.165, 1.54) is 0 Å². The molecule has 0 spiro atoms. The van der Waals surface area contributed by atoms with Crippen LogP contribution in [-0.4, -0.2) is 33.1 Å². The molecule has 2 amide bonds. The van der Waals surface area contributed by atoms with Gasteiger partial charge < -0.3 is 10.6 Å². The summed E-state index contributed by atoms with van der Waals surface area (Å²) in [5, 5.41) is 10.4. The molecule has 0 unspecified atom stereocenters. The quantitative estimate of drug-likeness (QED) is 0.637. The molecule has 2 N–H and O–H groups in total. The van der Waals surface area contributed by atoms with E-state index in [2.05, 4.69) is 20.7 Å². The summed E-state index contributed by atoms with van der Waals surface area (Å²) in [6, 6.07) is 4.55. The Hall–Kier alpha value is -3.36. The number of nitrogens with zero attached hydrogens (tertiary/aromatic N) is 3. The number of pyridine rings is 1. The standard InChI is InChI=1S/C19H19F2N5O2/c1-11-15-9-13(10-23-18(15)26(2)25-11)24-17(27)4-3-7-22-19(28)14-6-5-12(20)8-16(14)21/h5-6,8-10H,3-4,7H2,1-2H3,(H,22,28)(H,24,27).